The van der Waals surface area contributed by atoms with Crippen LogP contribution in [0.15, 0.2) is 54.9 Å². The number of H-pyrrole nitrogens is 1. The van der Waals surface area contributed by atoms with Crippen molar-refractivity contribution in [2.75, 3.05) is 25.1 Å². The second kappa shape index (κ2) is 8.84. The third-order valence-electron chi connectivity index (χ3n) is 5.89. The topological polar surface area (TPSA) is 99.4 Å². The van der Waals surface area contributed by atoms with Crippen molar-refractivity contribution in [3.63, 3.8) is 0 Å². The van der Waals surface area contributed by atoms with Crippen LogP contribution in [0.25, 0.3) is 11.3 Å². The second-order valence-electron chi connectivity index (χ2n) is 8.07. The molecule has 3 N–H and O–H groups in total. The summed E-state index contributed by atoms with van der Waals surface area (Å²) in [5, 5.41) is 6.46. The van der Waals surface area contributed by atoms with Gasteiger partial charge in [0.25, 0.3) is 0 Å². The lowest BCUT2D eigenvalue weighted by Gasteiger charge is -2.30. The number of nitrogens with one attached hydrogen (secondary N) is 3. The van der Waals surface area contributed by atoms with Gasteiger partial charge in [0.1, 0.15) is 0 Å². The van der Waals surface area contributed by atoms with Gasteiger partial charge in [-0.3, -0.25) is 9.78 Å². The molecule has 2 aliphatic rings. The number of carbonyl (C=O) groups excluding carboxylic acids is 2. The van der Waals surface area contributed by atoms with Crippen molar-refractivity contribution in [2.24, 2.45) is 0 Å². The van der Waals surface area contributed by atoms with Crippen LogP contribution in [0, 0.1) is 0 Å². The number of Topliss-reactive ketones (excluding diaryl/α,β-unsaturated/α-hetero) is 1. The lowest BCUT2D eigenvalue weighted by atomic mass is 10.0. The average Bonchev–Trinajstić information content (AvgIpc) is 3.19. The third kappa shape index (κ3) is 4.09. The van der Waals surface area contributed by atoms with E-state index in [0.717, 1.165) is 41.2 Å². The third-order valence-corrected chi connectivity index (χ3v) is 5.89. The Morgan fingerprint density at radius 2 is 1.81 bits per heavy atom. The van der Waals surface area contributed by atoms with Crippen LogP contribution >= 0.6 is 0 Å². The number of amides is 2. The summed E-state index contributed by atoms with van der Waals surface area (Å²) < 4.78 is 5.36. The van der Waals surface area contributed by atoms with Gasteiger partial charge in [-0.15, -0.1) is 0 Å². The molecule has 1 saturated heterocycles. The molecule has 8 nitrogen and oxygen atoms in total. The molecule has 0 atom stereocenters. The minimum atomic E-state index is -0.214. The molecule has 0 spiro atoms. The molecule has 1 aromatic carbocycles. The lowest BCUT2D eigenvalue weighted by molar-refractivity contribution is 0.0762. The number of fused-ring (bicyclic) bond motifs is 1. The number of aromatic amines is 1. The summed E-state index contributed by atoms with van der Waals surface area (Å²) in [4.78, 5) is 35.2. The highest BCUT2D eigenvalue weighted by Gasteiger charge is 2.33. The summed E-state index contributed by atoms with van der Waals surface area (Å²) in [5.41, 5.74) is 4.67. The summed E-state index contributed by atoms with van der Waals surface area (Å²) in [5.74, 6) is -0.0941. The van der Waals surface area contributed by atoms with Crippen LogP contribution in [0.2, 0.25) is 0 Å². The molecule has 4 heterocycles. The fourth-order valence-corrected chi connectivity index (χ4v) is 4.25. The summed E-state index contributed by atoms with van der Waals surface area (Å²) in [6, 6.07) is 13.4. The number of aromatic nitrogens is 2. The molecule has 0 radical (unpaired) electrons. The van der Waals surface area contributed by atoms with Gasteiger partial charge in [0.2, 0.25) is 0 Å². The van der Waals surface area contributed by atoms with Crippen molar-refractivity contribution in [1.29, 1.82) is 0 Å². The molecule has 164 valence electrons. The van der Waals surface area contributed by atoms with Crippen molar-refractivity contribution in [2.45, 2.75) is 25.4 Å². The van der Waals surface area contributed by atoms with Crippen LogP contribution in [0.5, 0.6) is 0 Å². The molecule has 0 unspecified atom stereocenters. The maximum Gasteiger partial charge on any atom is 0.318 e. The largest absolute Gasteiger partial charge is 0.381 e. The van der Waals surface area contributed by atoms with Crippen LogP contribution in [-0.4, -0.2) is 52.5 Å². The lowest BCUT2D eigenvalue weighted by Crippen LogP contribution is -2.49. The number of rotatable bonds is 4. The molecule has 8 heteroatoms. The number of pyridine rings is 1. The van der Waals surface area contributed by atoms with E-state index < -0.39 is 0 Å². The molecule has 5 rings (SSSR count). The highest BCUT2D eigenvalue weighted by atomic mass is 16.5. The van der Waals surface area contributed by atoms with E-state index in [2.05, 4.69) is 20.6 Å². The van der Waals surface area contributed by atoms with Crippen LogP contribution in [-0.2, 0) is 11.3 Å². The van der Waals surface area contributed by atoms with Gasteiger partial charge in [-0.05, 0) is 37.1 Å². The van der Waals surface area contributed by atoms with Gasteiger partial charge in [-0.2, -0.15) is 0 Å². The second-order valence-corrected chi connectivity index (χ2v) is 8.07. The van der Waals surface area contributed by atoms with Crippen molar-refractivity contribution < 1.29 is 14.3 Å². The van der Waals surface area contributed by atoms with Crippen LogP contribution in [0.4, 0.5) is 16.2 Å². The van der Waals surface area contributed by atoms with Crippen LogP contribution < -0.4 is 10.6 Å². The number of ether oxygens (including phenoxy) is 1. The number of carbonyl (C=O) groups is 2. The predicted molar refractivity (Wildman–Crippen MR) is 121 cm³/mol. The number of para-hydroxylation sites is 1. The molecule has 0 saturated carbocycles. The van der Waals surface area contributed by atoms with Crippen molar-refractivity contribution in [3.8, 4) is 11.3 Å². The van der Waals surface area contributed by atoms with Gasteiger partial charge >= 0.3 is 6.03 Å². The van der Waals surface area contributed by atoms with Crippen molar-refractivity contribution in [1.82, 2.24) is 20.2 Å². The number of hydrogen-bond donors (Lipinski definition) is 3. The Bertz CT molecular complexity index is 1110. The minimum Gasteiger partial charge on any atom is -0.381 e. The fourth-order valence-electron chi connectivity index (χ4n) is 4.25. The molecule has 2 amide bonds. The monoisotopic (exact) mass is 431 g/mol. The Hall–Kier alpha value is -3.65. The normalized spacial score (nSPS) is 16.5. The number of anilines is 2. The SMILES string of the molecule is O=C1CN(C(=O)NC2CCOCC2)Cc2[nH]c(-c3ccncc3)c(Nc3ccccc3)c21. The molecular formula is C24H25N5O3. The quantitative estimate of drug-likeness (QED) is 0.585. The maximum absolute atomic E-state index is 13.2. The number of nitrogens with zero attached hydrogens (tertiary/aromatic N) is 2. The van der Waals surface area contributed by atoms with E-state index >= 15 is 0 Å². The highest BCUT2D eigenvalue weighted by molar-refractivity contribution is 6.09. The molecule has 1 fully saturated rings. The molecule has 3 aromatic rings. The maximum atomic E-state index is 13.2. The van der Waals surface area contributed by atoms with Crippen LogP contribution in [0.3, 0.4) is 0 Å². The molecule has 2 aliphatic heterocycles. The zero-order valence-electron chi connectivity index (χ0n) is 17.6. The summed E-state index contributed by atoms with van der Waals surface area (Å²) in [6.07, 6.45) is 5.02. The first-order chi connectivity index (χ1) is 15.7. The summed E-state index contributed by atoms with van der Waals surface area (Å²) in [7, 11) is 0. The zero-order chi connectivity index (χ0) is 21.9. The van der Waals surface area contributed by atoms with E-state index in [9.17, 15) is 9.59 Å². The molecule has 32 heavy (non-hydrogen) atoms. The van der Waals surface area contributed by atoms with Gasteiger partial charge < -0.3 is 25.3 Å². The fraction of sp³-hybridized carbons (Fsp3) is 0.292. The highest BCUT2D eigenvalue weighted by Crippen LogP contribution is 2.37. The van der Waals surface area contributed by atoms with E-state index in [1.54, 1.807) is 17.3 Å². The summed E-state index contributed by atoms with van der Waals surface area (Å²) >= 11 is 0. The Balaban J connectivity index is 1.46. The zero-order valence-corrected chi connectivity index (χ0v) is 17.6. The van der Waals surface area contributed by atoms with E-state index in [1.807, 2.05) is 42.5 Å². The summed E-state index contributed by atoms with van der Waals surface area (Å²) in [6.45, 7) is 1.67. The first-order valence-electron chi connectivity index (χ1n) is 10.8. The number of benzene rings is 1. The van der Waals surface area contributed by atoms with E-state index in [0.29, 0.717) is 25.3 Å². The van der Waals surface area contributed by atoms with Crippen molar-refractivity contribution >= 4 is 23.2 Å². The molecule has 0 aliphatic carbocycles. The van der Waals surface area contributed by atoms with E-state index in [4.69, 9.17) is 4.74 Å². The van der Waals surface area contributed by atoms with E-state index in [-0.39, 0.29) is 24.4 Å². The Labute approximate surface area is 186 Å². The first kappa shape index (κ1) is 20.3. The van der Waals surface area contributed by atoms with Gasteiger partial charge in [-0.1, -0.05) is 18.2 Å². The van der Waals surface area contributed by atoms with Gasteiger partial charge in [0, 0.05) is 48.6 Å². The minimum absolute atomic E-state index is 0.0408. The Morgan fingerprint density at radius 3 is 2.56 bits per heavy atom. The molecular weight excluding hydrogens is 406 g/mol. The van der Waals surface area contributed by atoms with Crippen molar-refractivity contribution in [3.05, 3.63) is 66.1 Å². The molecule has 0 bridgehead atoms. The molecule has 2 aromatic heterocycles. The van der Waals surface area contributed by atoms with Gasteiger partial charge in [-0.25, -0.2) is 4.79 Å². The smallest absolute Gasteiger partial charge is 0.318 e. The average molecular weight is 431 g/mol. The van der Waals surface area contributed by atoms with Gasteiger partial charge in [0.05, 0.1) is 30.0 Å². The standard InChI is InChI=1S/C24H25N5O3/c30-20-15-29(24(31)27-18-8-12-32-13-9-18)14-19-21(20)23(26-17-4-2-1-3-5-17)22(28-19)16-6-10-25-11-7-16/h1-7,10-11,18,26,28H,8-9,12-15H2,(H,27,31). The Morgan fingerprint density at radius 1 is 1.06 bits per heavy atom. The predicted octanol–water partition coefficient (Wildman–Crippen LogP) is 3.71. The number of ketones is 1. The first-order valence-corrected chi connectivity index (χ1v) is 10.8. The van der Waals surface area contributed by atoms with Crippen LogP contribution in [0.1, 0.15) is 28.9 Å². The van der Waals surface area contributed by atoms with E-state index in [1.165, 1.54) is 0 Å². The number of hydrogen-bond acceptors (Lipinski definition) is 5. The Kier molecular flexibility index (Phi) is 5.60. The van der Waals surface area contributed by atoms with Gasteiger partial charge in [0.15, 0.2) is 5.78 Å². The number of urea groups is 1.